The van der Waals surface area contributed by atoms with Gasteiger partial charge in [-0.15, -0.1) is 10.2 Å². The fourth-order valence-corrected chi connectivity index (χ4v) is 4.93. The topological polar surface area (TPSA) is 63.1 Å². The zero-order valence-corrected chi connectivity index (χ0v) is 19.7. The summed E-state index contributed by atoms with van der Waals surface area (Å²) in [5, 5.41) is 12.5. The molecule has 1 amide bonds. The van der Waals surface area contributed by atoms with Gasteiger partial charge in [-0.05, 0) is 55.7 Å². The van der Waals surface area contributed by atoms with Crippen LogP contribution in [0.3, 0.4) is 0 Å². The molecule has 0 spiro atoms. The standard InChI is InChI=1S/C27H27N5OS/c33-25(28-22-14-16-23(17-15-22)31-18-8-3-9-19-31)20-34-27-30-29-26(21-10-4-1-5-11-21)32(27)24-12-6-2-7-13-24/h1-2,4-7,10-17H,3,8-9,18-20H2,(H,28,33). The highest BCUT2D eigenvalue weighted by molar-refractivity contribution is 7.99. The number of hydrogen-bond donors (Lipinski definition) is 1. The summed E-state index contributed by atoms with van der Waals surface area (Å²) in [6.45, 7) is 2.21. The Bertz CT molecular complexity index is 1220. The van der Waals surface area contributed by atoms with E-state index in [1.165, 1.54) is 36.7 Å². The van der Waals surface area contributed by atoms with Crippen LogP contribution in [0.25, 0.3) is 17.1 Å². The predicted octanol–water partition coefficient (Wildman–Crippen LogP) is 5.66. The SMILES string of the molecule is O=C(CSc1nnc(-c2ccccc2)n1-c1ccccc1)Nc1ccc(N2CCCCC2)cc1. The van der Waals surface area contributed by atoms with Gasteiger partial charge in [0.2, 0.25) is 5.91 Å². The Morgan fingerprint density at radius 3 is 2.18 bits per heavy atom. The minimum absolute atomic E-state index is 0.0698. The van der Waals surface area contributed by atoms with E-state index in [1.807, 2.05) is 77.4 Å². The van der Waals surface area contributed by atoms with E-state index >= 15 is 0 Å². The van der Waals surface area contributed by atoms with E-state index in [-0.39, 0.29) is 11.7 Å². The van der Waals surface area contributed by atoms with Gasteiger partial charge in [0.15, 0.2) is 11.0 Å². The van der Waals surface area contributed by atoms with Crippen molar-refractivity contribution >= 4 is 29.0 Å². The van der Waals surface area contributed by atoms with E-state index < -0.39 is 0 Å². The summed E-state index contributed by atoms with van der Waals surface area (Å²) in [4.78, 5) is 15.1. The highest BCUT2D eigenvalue weighted by atomic mass is 32.2. The Balaban J connectivity index is 1.27. The second-order valence-corrected chi connectivity index (χ2v) is 9.22. The minimum Gasteiger partial charge on any atom is -0.372 e. The van der Waals surface area contributed by atoms with E-state index in [2.05, 4.69) is 32.5 Å². The molecular weight excluding hydrogens is 442 g/mol. The number of amides is 1. The number of anilines is 2. The van der Waals surface area contributed by atoms with E-state index in [4.69, 9.17) is 0 Å². The maximum Gasteiger partial charge on any atom is 0.234 e. The zero-order chi connectivity index (χ0) is 23.2. The molecule has 4 aromatic rings. The van der Waals surface area contributed by atoms with E-state index in [9.17, 15) is 4.79 Å². The molecule has 1 aliphatic heterocycles. The number of para-hydroxylation sites is 1. The monoisotopic (exact) mass is 469 g/mol. The van der Waals surface area contributed by atoms with Gasteiger partial charge in [0.05, 0.1) is 5.75 Å². The lowest BCUT2D eigenvalue weighted by molar-refractivity contribution is -0.113. The van der Waals surface area contributed by atoms with Crippen LogP contribution in [-0.4, -0.2) is 39.5 Å². The van der Waals surface area contributed by atoms with Crippen LogP contribution in [0.4, 0.5) is 11.4 Å². The summed E-state index contributed by atoms with van der Waals surface area (Å²) in [6, 6.07) is 28.1. The van der Waals surface area contributed by atoms with Crippen molar-refractivity contribution < 1.29 is 4.79 Å². The molecular formula is C27H27N5OS. The number of piperidine rings is 1. The van der Waals surface area contributed by atoms with Crippen LogP contribution in [0.15, 0.2) is 90.1 Å². The van der Waals surface area contributed by atoms with Crippen LogP contribution in [-0.2, 0) is 4.79 Å². The lowest BCUT2D eigenvalue weighted by Crippen LogP contribution is -2.29. The second kappa shape index (κ2) is 10.6. The van der Waals surface area contributed by atoms with Gasteiger partial charge in [-0.1, -0.05) is 60.3 Å². The van der Waals surface area contributed by atoms with Gasteiger partial charge >= 0.3 is 0 Å². The van der Waals surface area contributed by atoms with Crippen LogP contribution < -0.4 is 10.2 Å². The smallest absolute Gasteiger partial charge is 0.234 e. The number of thioether (sulfide) groups is 1. The maximum absolute atomic E-state index is 12.7. The highest BCUT2D eigenvalue weighted by Gasteiger charge is 2.17. The molecule has 6 nitrogen and oxygen atoms in total. The van der Waals surface area contributed by atoms with Gasteiger partial charge in [0.1, 0.15) is 0 Å². The van der Waals surface area contributed by atoms with Crippen molar-refractivity contribution in [2.75, 3.05) is 29.1 Å². The van der Waals surface area contributed by atoms with Crippen LogP contribution in [0.1, 0.15) is 19.3 Å². The number of nitrogens with one attached hydrogen (secondary N) is 1. The Kier molecular flexibility index (Phi) is 6.91. The fourth-order valence-electron chi connectivity index (χ4n) is 4.18. The zero-order valence-electron chi connectivity index (χ0n) is 18.9. The molecule has 1 aromatic heterocycles. The first-order valence-corrected chi connectivity index (χ1v) is 12.6. The fraction of sp³-hybridized carbons (Fsp3) is 0.222. The van der Waals surface area contributed by atoms with Crippen LogP contribution in [0.5, 0.6) is 0 Å². The molecule has 7 heteroatoms. The third-order valence-electron chi connectivity index (χ3n) is 5.88. The lowest BCUT2D eigenvalue weighted by Gasteiger charge is -2.28. The third-order valence-corrected chi connectivity index (χ3v) is 6.81. The Morgan fingerprint density at radius 1 is 0.794 bits per heavy atom. The first-order chi connectivity index (χ1) is 16.8. The molecule has 0 bridgehead atoms. The number of rotatable bonds is 7. The van der Waals surface area contributed by atoms with Crippen LogP contribution >= 0.6 is 11.8 Å². The molecule has 172 valence electrons. The molecule has 0 saturated carbocycles. The summed E-state index contributed by atoms with van der Waals surface area (Å²) in [5.41, 5.74) is 3.96. The molecule has 1 aliphatic rings. The van der Waals surface area contributed by atoms with Crippen molar-refractivity contribution in [3.05, 3.63) is 84.9 Å². The number of benzene rings is 3. The van der Waals surface area contributed by atoms with Gasteiger partial charge in [0.25, 0.3) is 0 Å². The van der Waals surface area contributed by atoms with Crippen molar-refractivity contribution in [2.24, 2.45) is 0 Å². The first kappa shape index (κ1) is 22.2. The average Bonchev–Trinajstić information content (AvgIpc) is 3.33. The minimum atomic E-state index is -0.0698. The van der Waals surface area contributed by atoms with Crippen molar-refractivity contribution in [3.63, 3.8) is 0 Å². The van der Waals surface area contributed by atoms with E-state index in [1.54, 1.807) is 0 Å². The van der Waals surface area contributed by atoms with Crippen molar-refractivity contribution in [1.29, 1.82) is 0 Å². The molecule has 5 rings (SSSR count). The normalized spacial score (nSPS) is 13.6. The maximum atomic E-state index is 12.7. The molecule has 2 heterocycles. The number of nitrogens with zero attached hydrogens (tertiary/aromatic N) is 4. The summed E-state index contributed by atoms with van der Waals surface area (Å²) in [6.07, 6.45) is 3.80. The summed E-state index contributed by atoms with van der Waals surface area (Å²) < 4.78 is 2.00. The summed E-state index contributed by atoms with van der Waals surface area (Å²) in [5.74, 6) is 0.927. The second-order valence-electron chi connectivity index (χ2n) is 8.27. The molecule has 0 radical (unpaired) electrons. The van der Waals surface area contributed by atoms with Crippen LogP contribution in [0.2, 0.25) is 0 Å². The molecule has 0 unspecified atom stereocenters. The average molecular weight is 470 g/mol. The molecule has 3 aromatic carbocycles. The van der Waals surface area contributed by atoms with Gasteiger partial charge in [-0.25, -0.2) is 0 Å². The van der Waals surface area contributed by atoms with Crippen molar-refractivity contribution in [2.45, 2.75) is 24.4 Å². The van der Waals surface area contributed by atoms with Crippen molar-refractivity contribution in [3.8, 4) is 17.1 Å². The predicted molar refractivity (Wildman–Crippen MR) is 139 cm³/mol. The van der Waals surface area contributed by atoms with E-state index in [0.29, 0.717) is 5.16 Å². The molecule has 1 N–H and O–H groups in total. The van der Waals surface area contributed by atoms with Gasteiger partial charge in [-0.3, -0.25) is 9.36 Å². The van der Waals surface area contributed by atoms with Gasteiger partial charge < -0.3 is 10.2 Å². The third kappa shape index (κ3) is 5.15. The number of hydrogen-bond acceptors (Lipinski definition) is 5. The summed E-state index contributed by atoms with van der Waals surface area (Å²) >= 11 is 1.38. The van der Waals surface area contributed by atoms with Crippen molar-refractivity contribution in [1.82, 2.24) is 14.8 Å². The van der Waals surface area contributed by atoms with E-state index in [0.717, 1.165) is 35.9 Å². The Labute approximate surface area is 204 Å². The van der Waals surface area contributed by atoms with Gasteiger partial charge in [-0.2, -0.15) is 0 Å². The largest absolute Gasteiger partial charge is 0.372 e. The number of carbonyl (C=O) groups excluding carboxylic acids is 1. The summed E-state index contributed by atoms with van der Waals surface area (Å²) in [7, 11) is 0. The van der Waals surface area contributed by atoms with Crippen LogP contribution in [0, 0.1) is 0 Å². The molecule has 1 saturated heterocycles. The molecule has 0 atom stereocenters. The van der Waals surface area contributed by atoms with Gasteiger partial charge in [0, 0.05) is 35.7 Å². The Morgan fingerprint density at radius 2 is 1.47 bits per heavy atom. The molecule has 34 heavy (non-hydrogen) atoms. The number of aromatic nitrogens is 3. The molecule has 1 fully saturated rings. The quantitative estimate of drug-likeness (QED) is 0.354. The molecule has 0 aliphatic carbocycles. The number of carbonyl (C=O) groups is 1. The first-order valence-electron chi connectivity index (χ1n) is 11.6. The highest BCUT2D eigenvalue weighted by Crippen LogP contribution is 2.28. The Hall–Kier alpha value is -3.58. The lowest BCUT2D eigenvalue weighted by atomic mass is 10.1.